The van der Waals surface area contributed by atoms with Crippen LogP contribution in [-0.2, 0) is 0 Å². The lowest BCUT2D eigenvalue weighted by Gasteiger charge is -2.24. The van der Waals surface area contributed by atoms with Crippen molar-refractivity contribution in [3.63, 3.8) is 0 Å². The molecule has 2 heterocycles. The van der Waals surface area contributed by atoms with Gasteiger partial charge in [-0.15, -0.1) is 0 Å². The zero-order chi connectivity index (χ0) is 15.6. The molecule has 2 aliphatic heterocycles. The van der Waals surface area contributed by atoms with E-state index >= 15 is 0 Å². The van der Waals surface area contributed by atoms with Crippen LogP contribution in [0.3, 0.4) is 0 Å². The highest BCUT2D eigenvalue weighted by molar-refractivity contribution is 5.45. The maximum Gasteiger partial charge on any atom is 0.161 e. The number of nitrogens with one attached hydrogen (secondary N) is 3. The van der Waals surface area contributed by atoms with Crippen LogP contribution in [0.2, 0.25) is 0 Å². The highest BCUT2D eigenvalue weighted by Crippen LogP contribution is 2.35. The molecule has 0 aliphatic carbocycles. The van der Waals surface area contributed by atoms with E-state index in [0.717, 1.165) is 24.6 Å². The van der Waals surface area contributed by atoms with Gasteiger partial charge in [0.15, 0.2) is 11.5 Å². The number of hydrogen-bond acceptors (Lipinski definition) is 6. The van der Waals surface area contributed by atoms with Crippen molar-refractivity contribution < 1.29 is 14.6 Å². The van der Waals surface area contributed by atoms with Crippen LogP contribution in [0.4, 0.5) is 0 Å². The van der Waals surface area contributed by atoms with Gasteiger partial charge in [-0.3, -0.25) is 5.43 Å². The maximum absolute atomic E-state index is 9.78. The van der Waals surface area contributed by atoms with Gasteiger partial charge in [-0.05, 0) is 31.5 Å². The molecule has 1 saturated heterocycles. The zero-order valence-electron chi connectivity index (χ0n) is 13.2. The molecule has 0 radical (unpaired) electrons. The SMILES string of the molecule is CC(C)(O)CNCC1CNNC1c1ccc2c(c1)OCCO2. The molecule has 2 aliphatic rings. The molecule has 6 heteroatoms. The van der Waals surface area contributed by atoms with Gasteiger partial charge in [0, 0.05) is 25.6 Å². The van der Waals surface area contributed by atoms with Gasteiger partial charge >= 0.3 is 0 Å². The minimum Gasteiger partial charge on any atom is -0.486 e. The zero-order valence-corrected chi connectivity index (χ0v) is 13.2. The molecular weight excluding hydrogens is 282 g/mol. The van der Waals surface area contributed by atoms with E-state index in [0.29, 0.717) is 25.7 Å². The van der Waals surface area contributed by atoms with Crippen molar-refractivity contribution in [2.45, 2.75) is 25.5 Å². The molecule has 6 nitrogen and oxygen atoms in total. The number of hydrazine groups is 1. The summed E-state index contributed by atoms with van der Waals surface area (Å²) in [5, 5.41) is 13.1. The summed E-state index contributed by atoms with van der Waals surface area (Å²) >= 11 is 0. The molecule has 0 amide bonds. The highest BCUT2D eigenvalue weighted by Gasteiger charge is 2.29. The number of hydrogen-bond donors (Lipinski definition) is 4. The number of benzene rings is 1. The summed E-state index contributed by atoms with van der Waals surface area (Å²) in [5.74, 6) is 2.04. The standard InChI is InChI=1S/C16H25N3O3/c1-16(2,20)10-17-8-12-9-18-19-15(12)11-3-4-13-14(7-11)22-6-5-21-13/h3-4,7,12,15,17-20H,5-6,8-10H2,1-2H3. The first-order valence-corrected chi connectivity index (χ1v) is 7.84. The maximum atomic E-state index is 9.78. The first-order chi connectivity index (χ1) is 10.5. The number of rotatable bonds is 5. The number of ether oxygens (including phenoxy) is 2. The Morgan fingerprint density at radius 2 is 2.05 bits per heavy atom. The number of aliphatic hydroxyl groups is 1. The Hall–Kier alpha value is -1.34. The lowest BCUT2D eigenvalue weighted by atomic mass is 9.94. The quantitative estimate of drug-likeness (QED) is 0.638. The fourth-order valence-corrected chi connectivity index (χ4v) is 2.90. The average Bonchev–Trinajstić information content (AvgIpc) is 2.94. The third-order valence-electron chi connectivity index (χ3n) is 3.98. The molecule has 1 fully saturated rings. The second-order valence-electron chi connectivity index (χ2n) is 6.61. The predicted octanol–water partition coefficient (Wildman–Crippen LogP) is 0.583. The molecule has 3 rings (SSSR count). The molecule has 0 bridgehead atoms. The van der Waals surface area contributed by atoms with Crippen LogP contribution in [0.15, 0.2) is 18.2 Å². The summed E-state index contributed by atoms with van der Waals surface area (Å²) in [6.07, 6.45) is 0. The monoisotopic (exact) mass is 307 g/mol. The van der Waals surface area contributed by atoms with E-state index in [1.165, 1.54) is 5.56 Å². The van der Waals surface area contributed by atoms with Crippen molar-refractivity contribution in [3.8, 4) is 11.5 Å². The third-order valence-corrected chi connectivity index (χ3v) is 3.98. The van der Waals surface area contributed by atoms with Gasteiger partial charge in [0.1, 0.15) is 13.2 Å². The average molecular weight is 307 g/mol. The van der Waals surface area contributed by atoms with Crippen molar-refractivity contribution in [1.29, 1.82) is 0 Å². The molecular formula is C16H25N3O3. The van der Waals surface area contributed by atoms with Gasteiger partial charge in [0.05, 0.1) is 11.6 Å². The van der Waals surface area contributed by atoms with Crippen LogP contribution < -0.4 is 25.6 Å². The van der Waals surface area contributed by atoms with E-state index in [9.17, 15) is 5.11 Å². The lowest BCUT2D eigenvalue weighted by Crippen LogP contribution is -2.38. The smallest absolute Gasteiger partial charge is 0.161 e. The highest BCUT2D eigenvalue weighted by atomic mass is 16.6. The predicted molar refractivity (Wildman–Crippen MR) is 84.0 cm³/mol. The van der Waals surface area contributed by atoms with Gasteiger partial charge in [-0.1, -0.05) is 6.07 Å². The van der Waals surface area contributed by atoms with Crippen LogP contribution in [-0.4, -0.2) is 43.6 Å². The fraction of sp³-hybridized carbons (Fsp3) is 0.625. The van der Waals surface area contributed by atoms with Crippen molar-refractivity contribution in [3.05, 3.63) is 23.8 Å². The Labute approximate surface area is 131 Å². The van der Waals surface area contributed by atoms with Crippen molar-refractivity contribution >= 4 is 0 Å². The Kier molecular flexibility index (Phi) is 4.54. The third kappa shape index (κ3) is 3.70. The Balaban J connectivity index is 1.65. The van der Waals surface area contributed by atoms with Gasteiger partial charge in [-0.2, -0.15) is 0 Å². The van der Waals surface area contributed by atoms with Gasteiger partial charge in [0.25, 0.3) is 0 Å². The summed E-state index contributed by atoms with van der Waals surface area (Å²) in [7, 11) is 0. The topological polar surface area (TPSA) is 74.8 Å². The lowest BCUT2D eigenvalue weighted by molar-refractivity contribution is 0.0787. The molecule has 22 heavy (non-hydrogen) atoms. The van der Waals surface area contributed by atoms with E-state index in [1.807, 2.05) is 19.9 Å². The van der Waals surface area contributed by atoms with Crippen LogP contribution in [0.25, 0.3) is 0 Å². The van der Waals surface area contributed by atoms with Crippen molar-refractivity contribution in [2.24, 2.45) is 5.92 Å². The fourth-order valence-electron chi connectivity index (χ4n) is 2.90. The number of fused-ring (bicyclic) bond motifs is 1. The van der Waals surface area contributed by atoms with Crippen LogP contribution in [0, 0.1) is 5.92 Å². The molecule has 0 saturated carbocycles. The summed E-state index contributed by atoms with van der Waals surface area (Å²) in [6, 6.07) is 6.33. The molecule has 2 atom stereocenters. The first kappa shape index (κ1) is 15.6. The van der Waals surface area contributed by atoms with E-state index in [-0.39, 0.29) is 6.04 Å². The summed E-state index contributed by atoms with van der Waals surface area (Å²) in [4.78, 5) is 0. The second kappa shape index (κ2) is 6.42. The largest absolute Gasteiger partial charge is 0.486 e. The minimum atomic E-state index is -0.689. The minimum absolute atomic E-state index is 0.213. The van der Waals surface area contributed by atoms with Crippen LogP contribution in [0.1, 0.15) is 25.5 Å². The first-order valence-electron chi connectivity index (χ1n) is 7.84. The molecule has 0 aromatic heterocycles. The Morgan fingerprint density at radius 3 is 2.82 bits per heavy atom. The van der Waals surface area contributed by atoms with E-state index in [1.54, 1.807) is 0 Å². The molecule has 1 aromatic rings. The van der Waals surface area contributed by atoms with Crippen molar-refractivity contribution in [1.82, 2.24) is 16.2 Å². The molecule has 122 valence electrons. The van der Waals surface area contributed by atoms with E-state index < -0.39 is 5.60 Å². The van der Waals surface area contributed by atoms with Crippen LogP contribution >= 0.6 is 0 Å². The van der Waals surface area contributed by atoms with Crippen molar-refractivity contribution in [2.75, 3.05) is 32.8 Å². The van der Waals surface area contributed by atoms with E-state index in [2.05, 4.69) is 28.3 Å². The van der Waals surface area contributed by atoms with Crippen LogP contribution in [0.5, 0.6) is 11.5 Å². The van der Waals surface area contributed by atoms with Gasteiger partial charge < -0.3 is 19.9 Å². The molecule has 2 unspecified atom stereocenters. The Bertz CT molecular complexity index is 516. The summed E-state index contributed by atoms with van der Waals surface area (Å²) < 4.78 is 11.2. The Morgan fingerprint density at radius 1 is 1.27 bits per heavy atom. The normalized spacial score (nSPS) is 24.5. The van der Waals surface area contributed by atoms with E-state index in [4.69, 9.17) is 9.47 Å². The second-order valence-corrected chi connectivity index (χ2v) is 6.61. The molecule has 0 spiro atoms. The molecule has 4 N–H and O–H groups in total. The summed E-state index contributed by atoms with van der Waals surface area (Å²) in [5.41, 5.74) is 7.05. The summed E-state index contributed by atoms with van der Waals surface area (Å²) in [6.45, 7) is 7.13. The molecule has 1 aromatic carbocycles. The van der Waals surface area contributed by atoms with Gasteiger partial charge in [0.2, 0.25) is 0 Å². The van der Waals surface area contributed by atoms with Gasteiger partial charge in [-0.25, -0.2) is 5.43 Å².